The van der Waals surface area contributed by atoms with E-state index in [-0.39, 0.29) is 4.90 Å². The molecule has 8 heteroatoms. The Kier molecular flexibility index (Phi) is 4.45. The van der Waals surface area contributed by atoms with Crippen LogP contribution in [0.25, 0.3) is 0 Å². The van der Waals surface area contributed by atoms with Crippen molar-refractivity contribution in [2.75, 3.05) is 39.5 Å². The number of sulfone groups is 1. The fraction of sp³-hybridized carbons (Fsp3) is 0.533. The topological polar surface area (TPSA) is 82.1 Å². The number of rotatable bonds is 3. The molecule has 3 rings (SSSR count). The van der Waals surface area contributed by atoms with Crippen LogP contribution in [-0.2, 0) is 19.4 Å². The van der Waals surface area contributed by atoms with Gasteiger partial charge < -0.3 is 19.1 Å². The third-order valence-corrected chi connectivity index (χ3v) is 6.02. The normalized spacial score (nSPS) is 19.3. The van der Waals surface area contributed by atoms with Crippen molar-refractivity contribution < 1.29 is 27.4 Å². The summed E-state index contributed by atoms with van der Waals surface area (Å²) in [5.41, 5.74) is 0. The number of hydrogen-bond acceptors (Lipinski definition) is 6. The van der Waals surface area contributed by atoms with Crippen molar-refractivity contribution >= 4 is 15.7 Å². The number of hydrogen-bond donors (Lipinski definition) is 0. The number of ether oxygens (including phenoxy) is 3. The quantitative estimate of drug-likeness (QED) is 0.795. The highest BCUT2D eigenvalue weighted by Gasteiger charge is 2.34. The summed E-state index contributed by atoms with van der Waals surface area (Å²) in [6, 6.07) is 4.44. The average Bonchev–Trinajstić information content (AvgIpc) is 2.60. The maximum absolute atomic E-state index is 12.7. The highest BCUT2D eigenvalue weighted by atomic mass is 32.2. The minimum absolute atomic E-state index is 0.0656. The van der Waals surface area contributed by atoms with E-state index in [1.807, 2.05) is 0 Å². The average molecular weight is 341 g/mol. The minimum atomic E-state index is -3.79. The second kappa shape index (κ2) is 6.37. The Balaban J connectivity index is 1.83. The lowest BCUT2D eigenvalue weighted by atomic mass is 10.3. The molecule has 0 N–H and O–H groups in total. The molecular formula is C15H19NO6S. The van der Waals surface area contributed by atoms with E-state index in [1.165, 1.54) is 24.0 Å². The molecule has 0 radical (unpaired) electrons. The fourth-order valence-electron chi connectivity index (χ4n) is 2.58. The second-order valence-electron chi connectivity index (χ2n) is 5.43. The van der Waals surface area contributed by atoms with Gasteiger partial charge >= 0.3 is 0 Å². The summed E-state index contributed by atoms with van der Waals surface area (Å²) in [6.45, 7) is 3.93. The Labute approximate surface area is 135 Å². The number of fused-ring (bicyclic) bond motifs is 1. The largest absolute Gasteiger partial charge is 0.486 e. The van der Waals surface area contributed by atoms with E-state index < -0.39 is 21.0 Å². The van der Waals surface area contributed by atoms with Crippen LogP contribution in [0.1, 0.15) is 6.92 Å². The molecule has 7 nitrogen and oxygen atoms in total. The van der Waals surface area contributed by atoms with Crippen LogP contribution in [0.3, 0.4) is 0 Å². The molecule has 1 atom stereocenters. The number of amides is 1. The lowest BCUT2D eigenvalue weighted by Gasteiger charge is -2.29. The monoisotopic (exact) mass is 341 g/mol. The molecular weight excluding hydrogens is 322 g/mol. The molecule has 1 unspecified atom stereocenters. The van der Waals surface area contributed by atoms with Crippen molar-refractivity contribution in [3.8, 4) is 11.5 Å². The molecule has 0 aromatic heterocycles. The number of benzene rings is 1. The molecule has 0 bridgehead atoms. The van der Waals surface area contributed by atoms with Crippen LogP contribution in [0, 0.1) is 0 Å². The van der Waals surface area contributed by atoms with E-state index in [0.717, 1.165) is 0 Å². The van der Waals surface area contributed by atoms with Crippen molar-refractivity contribution in [1.29, 1.82) is 0 Å². The van der Waals surface area contributed by atoms with Gasteiger partial charge in [-0.3, -0.25) is 4.79 Å². The molecule has 1 aromatic rings. The Bertz CT molecular complexity index is 696. The predicted octanol–water partition coefficient (Wildman–Crippen LogP) is 0.479. The molecule has 0 aliphatic carbocycles. The van der Waals surface area contributed by atoms with Gasteiger partial charge in [0, 0.05) is 19.2 Å². The van der Waals surface area contributed by atoms with Gasteiger partial charge in [0.05, 0.1) is 18.1 Å². The summed E-state index contributed by atoms with van der Waals surface area (Å²) in [7, 11) is -3.79. The van der Waals surface area contributed by atoms with Crippen molar-refractivity contribution in [2.24, 2.45) is 0 Å². The minimum Gasteiger partial charge on any atom is -0.486 e. The van der Waals surface area contributed by atoms with Crippen molar-refractivity contribution in [2.45, 2.75) is 17.1 Å². The smallest absolute Gasteiger partial charge is 0.241 e. The van der Waals surface area contributed by atoms with Gasteiger partial charge in [-0.05, 0) is 19.1 Å². The molecule has 1 amide bonds. The predicted molar refractivity (Wildman–Crippen MR) is 81.5 cm³/mol. The second-order valence-corrected chi connectivity index (χ2v) is 7.70. The molecule has 1 aromatic carbocycles. The van der Waals surface area contributed by atoms with Gasteiger partial charge in [0.25, 0.3) is 0 Å². The van der Waals surface area contributed by atoms with Crippen LogP contribution >= 0.6 is 0 Å². The first-order valence-corrected chi connectivity index (χ1v) is 9.05. The maximum atomic E-state index is 12.7. The highest BCUT2D eigenvalue weighted by Crippen LogP contribution is 2.33. The van der Waals surface area contributed by atoms with Gasteiger partial charge in [0.15, 0.2) is 21.3 Å². The maximum Gasteiger partial charge on any atom is 0.241 e. The third kappa shape index (κ3) is 3.13. The van der Waals surface area contributed by atoms with Crippen LogP contribution < -0.4 is 9.47 Å². The highest BCUT2D eigenvalue weighted by molar-refractivity contribution is 7.92. The zero-order chi connectivity index (χ0) is 16.4. The van der Waals surface area contributed by atoms with Gasteiger partial charge in [-0.15, -0.1) is 0 Å². The van der Waals surface area contributed by atoms with Crippen LogP contribution in [0.15, 0.2) is 23.1 Å². The van der Waals surface area contributed by atoms with E-state index >= 15 is 0 Å². The molecule has 0 saturated carbocycles. The number of nitrogens with zero attached hydrogens (tertiary/aromatic N) is 1. The fourth-order valence-corrected chi connectivity index (χ4v) is 3.93. The Hall–Kier alpha value is -1.80. The van der Waals surface area contributed by atoms with Crippen LogP contribution in [0.4, 0.5) is 0 Å². The summed E-state index contributed by atoms with van der Waals surface area (Å²) in [5.74, 6) is 0.508. The summed E-state index contributed by atoms with van der Waals surface area (Å²) in [4.78, 5) is 14.0. The van der Waals surface area contributed by atoms with Gasteiger partial charge in [0.2, 0.25) is 5.91 Å². The van der Waals surface area contributed by atoms with Gasteiger partial charge in [0.1, 0.15) is 18.5 Å². The van der Waals surface area contributed by atoms with E-state index in [2.05, 4.69) is 0 Å². The molecule has 2 aliphatic rings. The molecule has 1 saturated heterocycles. The first-order valence-electron chi connectivity index (χ1n) is 7.50. The standard InChI is InChI=1S/C15H19NO6S/c1-11(15(17)16-4-6-20-7-5-16)23(18,19)12-2-3-13-14(10-12)22-9-8-21-13/h2-3,10-11H,4-9H2,1H3. The molecule has 23 heavy (non-hydrogen) atoms. The van der Waals surface area contributed by atoms with E-state index in [4.69, 9.17) is 14.2 Å². The van der Waals surface area contributed by atoms with E-state index in [1.54, 1.807) is 6.07 Å². The van der Waals surface area contributed by atoms with Crippen molar-refractivity contribution in [1.82, 2.24) is 4.90 Å². The Morgan fingerprint density at radius 1 is 1.09 bits per heavy atom. The summed E-state index contributed by atoms with van der Waals surface area (Å²) < 4.78 is 41.4. The zero-order valence-electron chi connectivity index (χ0n) is 12.9. The molecule has 126 valence electrons. The van der Waals surface area contributed by atoms with E-state index in [0.29, 0.717) is 51.0 Å². The van der Waals surface area contributed by atoms with Crippen LogP contribution in [0.5, 0.6) is 11.5 Å². The first-order chi connectivity index (χ1) is 11.0. The number of carbonyl (C=O) groups excluding carboxylic acids is 1. The van der Waals surface area contributed by atoms with Gasteiger partial charge in [-0.1, -0.05) is 0 Å². The zero-order valence-corrected chi connectivity index (χ0v) is 13.7. The summed E-state index contributed by atoms with van der Waals surface area (Å²) >= 11 is 0. The Morgan fingerprint density at radius 3 is 2.43 bits per heavy atom. The lowest BCUT2D eigenvalue weighted by Crippen LogP contribution is -2.47. The summed E-state index contributed by atoms with van der Waals surface area (Å²) in [6.07, 6.45) is 0. The molecule has 2 aliphatic heterocycles. The van der Waals surface area contributed by atoms with Crippen molar-refractivity contribution in [3.05, 3.63) is 18.2 Å². The van der Waals surface area contributed by atoms with E-state index in [9.17, 15) is 13.2 Å². The number of morpholine rings is 1. The van der Waals surface area contributed by atoms with Crippen molar-refractivity contribution in [3.63, 3.8) is 0 Å². The SMILES string of the molecule is CC(C(=O)N1CCOCC1)S(=O)(=O)c1ccc2c(c1)OCCO2. The molecule has 0 spiro atoms. The lowest BCUT2D eigenvalue weighted by molar-refractivity contribution is -0.134. The molecule has 1 fully saturated rings. The Morgan fingerprint density at radius 2 is 1.74 bits per heavy atom. The van der Waals surface area contributed by atoms with Gasteiger partial charge in [-0.2, -0.15) is 0 Å². The van der Waals surface area contributed by atoms with Crippen LogP contribution in [-0.4, -0.2) is 64.0 Å². The van der Waals surface area contributed by atoms with Crippen LogP contribution in [0.2, 0.25) is 0 Å². The summed E-state index contributed by atoms with van der Waals surface area (Å²) in [5, 5.41) is -1.15. The number of carbonyl (C=O) groups is 1. The first kappa shape index (κ1) is 16.1. The van der Waals surface area contributed by atoms with Gasteiger partial charge in [-0.25, -0.2) is 8.42 Å². The molecule has 2 heterocycles. The third-order valence-electron chi connectivity index (χ3n) is 3.98.